The van der Waals surface area contributed by atoms with Crippen molar-refractivity contribution in [3.63, 3.8) is 0 Å². The molecule has 8 nitrogen and oxygen atoms in total. The van der Waals surface area contributed by atoms with E-state index < -0.39 is 81.4 Å². The number of benzene rings is 2. The van der Waals surface area contributed by atoms with Crippen LogP contribution in [-0.2, 0) is 26.8 Å². The maximum Gasteiger partial charge on any atom is 0.430 e. The Morgan fingerprint density at radius 1 is 1.02 bits per heavy atom. The standard InChI is InChI=1S/C24H25F7N2O6S/c1-21(36,13-34)12-32-20(35)11-17-6-2-14-10-15(22(37,23(26,27)28)24(29,30)31)3-9-19(14)33(17)40(38,39)18-7-4-16(25)5-8-18/h3-5,7-10,17,34,36-37H,2,6,11-13H2,1H3,(H,32,35). The highest BCUT2D eigenvalue weighted by molar-refractivity contribution is 7.92. The fourth-order valence-corrected chi connectivity index (χ4v) is 5.93. The van der Waals surface area contributed by atoms with Gasteiger partial charge in [-0.05, 0) is 55.7 Å². The number of aliphatic hydroxyl groups is 3. The summed E-state index contributed by atoms with van der Waals surface area (Å²) >= 11 is 0. The third kappa shape index (κ3) is 6.04. The predicted molar refractivity (Wildman–Crippen MR) is 126 cm³/mol. The van der Waals surface area contributed by atoms with Gasteiger partial charge in [-0.3, -0.25) is 9.10 Å². The maximum absolute atomic E-state index is 13.6. The number of nitrogens with one attached hydrogen (secondary N) is 1. The van der Waals surface area contributed by atoms with Gasteiger partial charge in [0.15, 0.2) is 0 Å². The fraction of sp³-hybridized carbons (Fsp3) is 0.458. The van der Waals surface area contributed by atoms with Crippen molar-refractivity contribution in [1.29, 1.82) is 0 Å². The number of hydrogen-bond donors (Lipinski definition) is 4. The number of alkyl halides is 6. The van der Waals surface area contributed by atoms with Crippen molar-refractivity contribution >= 4 is 21.6 Å². The van der Waals surface area contributed by atoms with E-state index in [4.69, 9.17) is 5.11 Å². The third-order valence-corrected chi connectivity index (χ3v) is 8.31. The zero-order valence-corrected chi connectivity index (χ0v) is 21.5. The summed E-state index contributed by atoms with van der Waals surface area (Å²) in [5, 5.41) is 31.1. The SMILES string of the molecule is CC(O)(CO)CNC(=O)CC1CCc2cc(C(O)(C(F)(F)F)C(F)(F)F)ccc2N1S(=O)(=O)c1ccc(F)cc1. The molecule has 2 aromatic carbocycles. The van der Waals surface area contributed by atoms with Crippen LogP contribution in [0.4, 0.5) is 36.4 Å². The van der Waals surface area contributed by atoms with Crippen LogP contribution in [0.3, 0.4) is 0 Å². The number of fused-ring (bicyclic) bond motifs is 1. The zero-order chi connectivity index (χ0) is 30.3. The van der Waals surface area contributed by atoms with E-state index in [1.54, 1.807) is 0 Å². The van der Waals surface area contributed by atoms with E-state index in [0.717, 1.165) is 24.3 Å². The Hall–Kier alpha value is -2.95. The molecule has 16 heteroatoms. The van der Waals surface area contributed by atoms with E-state index in [1.807, 2.05) is 0 Å². The molecule has 1 heterocycles. The Bertz CT molecular complexity index is 1330. The number of carbonyl (C=O) groups excluding carboxylic acids is 1. The van der Waals surface area contributed by atoms with Crippen LogP contribution in [0.25, 0.3) is 0 Å². The number of anilines is 1. The number of carbonyl (C=O) groups is 1. The van der Waals surface area contributed by atoms with Crippen molar-refractivity contribution in [1.82, 2.24) is 5.32 Å². The summed E-state index contributed by atoms with van der Waals surface area (Å²) in [6, 6.07) is 3.64. The monoisotopic (exact) mass is 602 g/mol. The topological polar surface area (TPSA) is 127 Å². The molecule has 0 aliphatic carbocycles. The molecule has 0 bridgehead atoms. The largest absolute Gasteiger partial charge is 0.430 e. The molecule has 0 spiro atoms. The van der Waals surface area contributed by atoms with E-state index in [-0.39, 0.29) is 24.1 Å². The van der Waals surface area contributed by atoms with Crippen LogP contribution in [0.2, 0.25) is 0 Å². The van der Waals surface area contributed by atoms with Crippen molar-refractivity contribution in [2.45, 2.75) is 60.7 Å². The Morgan fingerprint density at radius 2 is 1.60 bits per heavy atom. The number of sulfonamides is 1. The Morgan fingerprint density at radius 3 is 2.12 bits per heavy atom. The molecule has 0 radical (unpaired) electrons. The van der Waals surface area contributed by atoms with Gasteiger partial charge >= 0.3 is 12.4 Å². The highest BCUT2D eigenvalue weighted by atomic mass is 32.2. The Balaban J connectivity index is 2.10. The molecular formula is C24H25F7N2O6S. The lowest BCUT2D eigenvalue weighted by molar-refractivity contribution is -0.376. The van der Waals surface area contributed by atoms with E-state index in [1.165, 1.54) is 6.92 Å². The lowest BCUT2D eigenvalue weighted by Gasteiger charge is -2.39. The van der Waals surface area contributed by atoms with Gasteiger partial charge in [-0.25, -0.2) is 12.8 Å². The zero-order valence-electron chi connectivity index (χ0n) is 20.7. The quantitative estimate of drug-likeness (QED) is 0.345. The summed E-state index contributed by atoms with van der Waals surface area (Å²) in [6.45, 7) is 0.100. The van der Waals surface area contributed by atoms with Gasteiger partial charge < -0.3 is 20.6 Å². The van der Waals surface area contributed by atoms with Crippen molar-refractivity contribution in [3.8, 4) is 0 Å². The summed E-state index contributed by atoms with van der Waals surface area (Å²) in [5.74, 6) is -1.56. The number of halogens is 7. The smallest absolute Gasteiger partial charge is 0.393 e. The highest BCUT2D eigenvalue weighted by Gasteiger charge is 2.71. The second-order valence-corrected chi connectivity index (χ2v) is 11.4. The Kier molecular flexibility index (Phi) is 8.52. The molecular weight excluding hydrogens is 577 g/mol. The predicted octanol–water partition coefficient (Wildman–Crippen LogP) is 2.90. The lowest BCUT2D eigenvalue weighted by Crippen LogP contribution is -2.54. The molecule has 1 aliphatic rings. The van der Waals surface area contributed by atoms with Gasteiger partial charge in [0.25, 0.3) is 15.6 Å². The molecule has 40 heavy (non-hydrogen) atoms. The summed E-state index contributed by atoms with van der Waals surface area (Å²) < 4.78 is 122. The van der Waals surface area contributed by atoms with Crippen LogP contribution >= 0.6 is 0 Å². The molecule has 4 N–H and O–H groups in total. The number of aryl methyl sites for hydroxylation is 1. The van der Waals surface area contributed by atoms with Crippen LogP contribution in [0.5, 0.6) is 0 Å². The minimum absolute atomic E-state index is 0.239. The Labute approximate surface area is 224 Å². The number of rotatable bonds is 8. The van der Waals surface area contributed by atoms with Gasteiger partial charge in [-0.1, -0.05) is 12.1 Å². The highest BCUT2D eigenvalue weighted by Crippen LogP contribution is 2.51. The van der Waals surface area contributed by atoms with E-state index in [0.29, 0.717) is 22.5 Å². The minimum Gasteiger partial charge on any atom is -0.393 e. The van der Waals surface area contributed by atoms with Crippen LogP contribution in [-0.4, -0.2) is 66.8 Å². The van der Waals surface area contributed by atoms with Crippen molar-refractivity contribution in [2.24, 2.45) is 0 Å². The number of nitrogens with zero attached hydrogens (tertiary/aromatic N) is 1. The molecule has 3 rings (SSSR count). The van der Waals surface area contributed by atoms with Gasteiger partial charge in [0.05, 0.1) is 23.2 Å². The van der Waals surface area contributed by atoms with Crippen molar-refractivity contribution in [3.05, 3.63) is 59.4 Å². The molecule has 222 valence electrons. The van der Waals surface area contributed by atoms with Crippen molar-refractivity contribution in [2.75, 3.05) is 17.5 Å². The normalized spacial score (nSPS) is 18.2. The lowest BCUT2D eigenvalue weighted by atomic mass is 9.87. The van der Waals surface area contributed by atoms with Gasteiger partial charge in [0.1, 0.15) is 11.4 Å². The average Bonchev–Trinajstić information content (AvgIpc) is 2.85. The number of hydrogen-bond acceptors (Lipinski definition) is 6. The molecule has 2 atom stereocenters. The number of aliphatic hydroxyl groups excluding tert-OH is 1. The summed E-state index contributed by atoms with van der Waals surface area (Å²) in [7, 11) is -4.65. The van der Waals surface area contributed by atoms with E-state index in [9.17, 15) is 54.2 Å². The second-order valence-electron chi connectivity index (χ2n) is 9.63. The van der Waals surface area contributed by atoms with E-state index >= 15 is 0 Å². The van der Waals surface area contributed by atoms with Gasteiger partial charge in [-0.2, -0.15) is 26.3 Å². The fourth-order valence-electron chi connectivity index (χ4n) is 4.21. The van der Waals surface area contributed by atoms with Crippen LogP contribution < -0.4 is 9.62 Å². The minimum atomic E-state index is -6.16. The first-order valence-corrected chi connectivity index (χ1v) is 13.1. The number of amides is 1. The average molecular weight is 603 g/mol. The molecule has 2 aromatic rings. The third-order valence-electron chi connectivity index (χ3n) is 6.43. The maximum atomic E-state index is 13.6. The van der Waals surface area contributed by atoms with Gasteiger partial charge in [-0.15, -0.1) is 0 Å². The molecule has 0 fully saturated rings. The first-order valence-electron chi connectivity index (χ1n) is 11.6. The molecule has 0 aromatic heterocycles. The molecule has 1 amide bonds. The van der Waals surface area contributed by atoms with Crippen LogP contribution in [0.15, 0.2) is 47.4 Å². The summed E-state index contributed by atoms with van der Waals surface area (Å²) in [4.78, 5) is 12.1. The molecule has 2 unspecified atom stereocenters. The van der Waals surface area contributed by atoms with Crippen LogP contribution in [0.1, 0.15) is 30.9 Å². The van der Waals surface area contributed by atoms with Crippen LogP contribution in [0, 0.1) is 5.82 Å². The van der Waals surface area contributed by atoms with Gasteiger partial charge in [0, 0.05) is 18.5 Å². The van der Waals surface area contributed by atoms with Crippen molar-refractivity contribution < 1.29 is 59.3 Å². The van der Waals surface area contributed by atoms with Gasteiger partial charge in [0.2, 0.25) is 5.91 Å². The summed E-state index contributed by atoms with van der Waals surface area (Å²) in [6.07, 6.45) is -13.4. The second kappa shape index (κ2) is 10.8. The molecule has 0 saturated carbocycles. The van der Waals surface area contributed by atoms with E-state index in [2.05, 4.69) is 5.32 Å². The summed E-state index contributed by atoms with van der Waals surface area (Å²) in [5.41, 5.74) is -9.14. The first-order chi connectivity index (χ1) is 18.2. The molecule has 1 aliphatic heterocycles. The molecule has 0 saturated heterocycles. The first kappa shape index (κ1) is 31.6.